The standard InChI is InChI=1S/C30H34N2O2/c1-3-24(17-26-19-31(21-33-23(26)2)28-10-6-4-7-11-28)16-25-14-15-30-27(18-25)20-32(22-34-30)29-12-8-5-9-13-29/h3-15,25-26H,2,16-22H2,1H3/b24-3-. The summed E-state index contributed by atoms with van der Waals surface area (Å²) in [6, 6.07) is 21.0. The molecule has 176 valence electrons. The quantitative estimate of drug-likeness (QED) is 0.456. The lowest BCUT2D eigenvalue weighted by Gasteiger charge is -2.37. The molecule has 0 radical (unpaired) electrons. The van der Waals surface area contributed by atoms with E-state index in [9.17, 15) is 0 Å². The Morgan fingerprint density at radius 1 is 0.941 bits per heavy atom. The van der Waals surface area contributed by atoms with Gasteiger partial charge in [-0.3, -0.25) is 0 Å². The van der Waals surface area contributed by atoms with E-state index >= 15 is 0 Å². The molecule has 3 aliphatic rings. The molecule has 4 nitrogen and oxygen atoms in total. The molecular formula is C30H34N2O2. The highest BCUT2D eigenvalue weighted by atomic mass is 16.5. The van der Waals surface area contributed by atoms with E-state index in [4.69, 9.17) is 9.47 Å². The van der Waals surface area contributed by atoms with E-state index in [1.165, 1.54) is 22.5 Å². The zero-order chi connectivity index (χ0) is 23.3. The Morgan fingerprint density at radius 3 is 2.32 bits per heavy atom. The Kier molecular flexibility index (Phi) is 6.75. The summed E-state index contributed by atoms with van der Waals surface area (Å²) in [7, 11) is 0. The third-order valence-corrected chi connectivity index (χ3v) is 7.12. The van der Waals surface area contributed by atoms with Crippen LogP contribution in [0.3, 0.4) is 0 Å². The summed E-state index contributed by atoms with van der Waals surface area (Å²) in [5.74, 6) is 2.77. The fourth-order valence-corrected chi connectivity index (χ4v) is 5.16. The van der Waals surface area contributed by atoms with Gasteiger partial charge in [-0.25, -0.2) is 0 Å². The monoisotopic (exact) mass is 454 g/mol. The first-order valence-electron chi connectivity index (χ1n) is 12.3. The first-order valence-corrected chi connectivity index (χ1v) is 12.3. The van der Waals surface area contributed by atoms with Gasteiger partial charge in [0.05, 0.1) is 5.76 Å². The van der Waals surface area contributed by atoms with Gasteiger partial charge in [0, 0.05) is 30.4 Å². The van der Waals surface area contributed by atoms with Gasteiger partial charge >= 0.3 is 0 Å². The van der Waals surface area contributed by atoms with Crippen LogP contribution in [0.25, 0.3) is 0 Å². The molecule has 1 aliphatic carbocycles. The molecule has 0 aromatic heterocycles. The molecule has 2 aromatic rings. The van der Waals surface area contributed by atoms with Gasteiger partial charge in [-0.15, -0.1) is 0 Å². The van der Waals surface area contributed by atoms with Crippen molar-refractivity contribution in [1.29, 1.82) is 0 Å². The van der Waals surface area contributed by atoms with Crippen molar-refractivity contribution in [3.63, 3.8) is 0 Å². The lowest BCUT2D eigenvalue weighted by Crippen LogP contribution is -2.38. The molecule has 2 unspecified atom stereocenters. The first kappa shape index (κ1) is 22.4. The van der Waals surface area contributed by atoms with E-state index in [0.717, 1.165) is 43.9 Å². The topological polar surface area (TPSA) is 24.9 Å². The first-order chi connectivity index (χ1) is 16.7. The van der Waals surface area contributed by atoms with E-state index in [2.05, 4.69) is 102 Å². The Morgan fingerprint density at radius 2 is 1.62 bits per heavy atom. The highest BCUT2D eigenvalue weighted by Gasteiger charge is 2.28. The number of anilines is 2. The number of rotatable bonds is 6. The average Bonchev–Trinajstić information content (AvgIpc) is 2.90. The molecular weight excluding hydrogens is 420 g/mol. The van der Waals surface area contributed by atoms with Gasteiger partial charge in [0.1, 0.15) is 5.76 Å². The van der Waals surface area contributed by atoms with E-state index in [1.807, 2.05) is 0 Å². The molecule has 2 aromatic carbocycles. The van der Waals surface area contributed by atoms with Gasteiger partial charge < -0.3 is 19.3 Å². The van der Waals surface area contributed by atoms with E-state index < -0.39 is 0 Å². The molecule has 0 N–H and O–H groups in total. The smallest absolute Gasteiger partial charge is 0.161 e. The summed E-state index contributed by atoms with van der Waals surface area (Å²) >= 11 is 0. The number of hydrogen-bond donors (Lipinski definition) is 0. The second-order valence-corrected chi connectivity index (χ2v) is 9.45. The van der Waals surface area contributed by atoms with Gasteiger partial charge in [-0.2, -0.15) is 0 Å². The number of allylic oxidation sites excluding steroid dienone is 4. The summed E-state index contributed by atoms with van der Waals surface area (Å²) in [5, 5.41) is 0. The normalized spacial score (nSPS) is 22.9. The maximum atomic E-state index is 6.09. The van der Waals surface area contributed by atoms with Crippen molar-refractivity contribution in [2.24, 2.45) is 11.8 Å². The van der Waals surface area contributed by atoms with Crippen LogP contribution in [0.2, 0.25) is 0 Å². The number of nitrogens with zero attached hydrogens (tertiary/aromatic N) is 2. The van der Waals surface area contributed by atoms with Crippen LogP contribution in [-0.4, -0.2) is 26.6 Å². The van der Waals surface area contributed by atoms with Crippen LogP contribution in [-0.2, 0) is 9.47 Å². The molecule has 0 bridgehead atoms. The van der Waals surface area contributed by atoms with Crippen LogP contribution in [0.4, 0.5) is 11.4 Å². The van der Waals surface area contributed by atoms with E-state index in [1.54, 1.807) is 0 Å². The third kappa shape index (κ3) is 5.06. The van der Waals surface area contributed by atoms with Crippen molar-refractivity contribution in [1.82, 2.24) is 0 Å². The fraction of sp³-hybridized carbons (Fsp3) is 0.333. The van der Waals surface area contributed by atoms with Crippen LogP contribution >= 0.6 is 0 Å². The summed E-state index contributed by atoms with van der Waals surface area (Å²) in [6.45, 7) is 9.45. The van der Waals surface area contributed by atoms with Gasteiger partial charge in [-0.1, -0.05) is 60.7 Å². The Balaban J connectivity index is 1.20. The number of para-hydroxylation sites is 2. The largest absolute Gasteiger partial charge is 0.478 e. The van der Waals surface area contributed by atoms with E-state index in [-0.39, 0.29) is 0 Å². The number of ether oxygens (including phenoxy) is 2. The molecule has 34 heavy (non-hydrogen) atoms. The second kappa shape index (κ2) is 10.3. The van der Waals surface area contributed by atoms with Gasteiger partial charge in [-0.05, 0) is 68.0 Å². The highest BCUT2D eigenvalue weighted by Crippen LogP contribution is 2.36. The molecule has 2 aliphatic heterocycles. The second-order valence-electron chi connectivity index (χ2n) is 9.45. The minimum Gasteiger partial charge on any atom is -0.478 e. The lowest BCUT2D eigenvalue weighted by molar-refractivity contribution is 0.142. The predicted molar refractivity (Wildman–Crippen MR) is 139 cm³/mol. The van der Waals surface area contributed by atoms with E-state index in [0.29, 0.717) is 25.3 Å². The van der Waals surface area contributed by atoms with Crippen LogP contribution in [0.5, 0.6) is 0 Å². The summed E-state index contributed by atoms with van der Waals surface area (Å²) in [4.78, 5) is 4.62. The summed E-state index contributed by atoms with van der Waals surface area (Å²) in [5.41, 5.74) is 5.30. The maximum Gasteiger partial charge on any atom is 0.161 e. The molecule has 2 heterocycles. The Bertz CT molecular complexity index is 1090. The number of benzene rings is 2. The zero-order valence-corrected chi connectivity index (χ0v) is 20.0. The minimum atomic E-state index is 0.300. The van der Waals surface area contributed by atoms with Crippen molar-refractivity contribution in [3.05, 3.63) is 108 Å². The third-order valence-electron chi connectivity index (χ3n) is 7.12. The molecule has 0 amide bonds. The van der Waals surface area contributed by atoms with Crippen molar-refractivity contribution in [2.75, 3.05) is 36.4 Å². The van der Waals surface area contributed by atoms with Crippen LogP contribution in [0.1, 0.15) is 26.2 Å². The van der Waals surface area contributed by atoms with Crippen LogP contribution < -0.4 is 9.80 Å². The molecule has 2 atom stereocenters. The maximum absolute atomic E-state index is 6.09. The average molecular weight is 455 g/mol. The van der Waals surface area contributed by atoms with Crippen LogP contribution in [0.15, 0.2) is 108 Å². The molecule has 1 saturated heterocycles. The highest BCUT2D eigenvalue weighted by molar-refractivity contribution is 5.49. The Hall–Kier alpha value is -3.40. The minimum absolute atomic E-state index is 0.300. The predicted octanol–water partition coefficient (Wildman–Crippen LogP) is 6.66. The Labute approximate surface area is 203 Å². The fourth-order valence-electron chi connectivity index (χ4n) is 5.16. The van der Waals surface area contributed by atoms with Crippen molar-refractivity contribution in [3.8, 4) is 0 Å². The lowest BCUT2D eigenvalue weighted by atomic mass is 9.84. The van der Waals surface area contributed by atoms with Gasteiger partial charge in [0.15, 0.2) is 13.5 Å². The molecule has 1 fully saturated rings. The van der Waals surface area contributed by atoms with Crippen LogP contribution in [0, 0.1) is 11.8 Å². The molecule has 4 heteroatoms. The zero-order valence-electron chi connectivity index (χ0n) is 20.0. The molecule has 0 spiro atoms. The summed E-state index contributed by atoms with van der Waals surface area (Å²) in [6.07, 6.45) is 9.92. The molecule has 0 saturated carbocycles. The SMILES string of the molecule is C=C1OCN(c2ccccc2)CC1C/C(=C\C)CC1C=CC2=C(C1)CN(c1ccccc1)CO2. The van der Waals surface area contributed by atoms with Gasteiger partial charge in [0.2, 0.25) is 0 Å². The van der Waals surface area contributed by atoms with Crippen molar-refractivity contribution < 1.29 is 9.47 Å². The number of hydrogen-bond acceptors (Lipinski definition) is 4. The van der Waals surface area contributed by atoms with Crippen molar-refractivity contribution in [2.45, 2.75) is 26.2 Å². The molecule has 5 rings (SSSR count). The van der Waals surface area contributed by atoms with Crippen molar-refractivity contribution >= 4 is 11.4 Å². The van der Waals surface area contributed by atoms with Gasteiger partial charge in [0.25, 0.3) is 0 Å². The summed E-state index contributed by atoms with van der Waals surface area (Å²) < 4.78 is 12.1.